The Morgan fingerprint density at radius 2 is 2.10 bits per heavy atom. The summed E-state index contributed by atoms with van der Waals surface area (Å²) in [5.41, 5.74) is 1.21. The lowest BCUT2D eigenvalue weighted by molar-refractivity contribution is 0.411. The average molecular weight is 286 g/mol. The molecule has 1 aromatic heterocycles. The third kappa shape index (κ3) is 2.78. The van der Waals surface area contributed by atoms with Crippen LogP contribution in [0.25, 0.3) is 0 Å². The number of aryl methyl sites for hydroxylation is 1. The maximum atomic E-state index is 5.29. The molecule has 0 saturated heterocycles. The number of nitrogens with zero attached hydrogens (tertiary/aromatic N) is 3. The lowest BCUT2D eigenvalue weighted by atomic mass is 10.1. The van der Waals surface area contributed by atoms with E-state index in [2.05, 4.69) is 46.1 Å². The smallest absolute Gasteiger partial charge is 0.149 e. The molecule has 0 bridgehead atoms. The SMILES string of the molecule is COc1cccc(C(C)NC(C)c2nnc3n2CCC3)c1. The first-order chi connectivity index (χ1) is 10.2. The first-order valence-electron chi connectivity index (χ1n) is 7.51. The standard InChI is InChI=1S/C16H22N4O/c1-11(13-6-4-7-14(10-13)21-3)17-12(2)16-19-18-15-8-5-9-20(15)16/h4,6-7,10-12,17H,5,8-9H2,1-3H3. The molecule has 2 heterocycles. The minimum atomic E-state index is 0.172. The van der Waals surface area contributed by atoms with Gasteiger partial charge in [0.1, 0.15) is 17.4 Å². The van der Waals surface area contributed by atoms with Crippen molar-refractivity contribution in [3.05, 3.63) is 41.5 Å². The molecular formula is C16H22N4O. The van der Waals surface area contributed by atoms with Gasteiger partial charge in [0, 0.05) is 19.0 Å². The number of nitrogens with one attached hydrogen (secondary N) is 1. The van der Waals surface area contributed by atoms with E-state index in [0.717, 1.165) is 30.4 Å². The largest absolute Gasteiger partial charge is 0.497 e. The van der Waals surface area contributed by atoms with Gasteiger partial charge in [-0.25, -0.2) is 0 Å². The molecule has 0 radical (unpaired) electrons. The van der Waals surface area contributed by atoms with Crippen molar-refractivity contribution in [3.63, 3.8) is 0 Å². The molecule has 5 heteroatoms. The Morgan fingerprint density at radius 1 is 1.24 bits per heavy atom. The molecule has 0 saturated carbocycles. The van der Waals surface area contributed by atoms with Crippen LogP contribution < -0.4 is 10.1 Å². The van der Waals surface area contributed by atoms with Crippen molar-refractivity contribution < 1.29 is 4.74 Å². The fraction of sp³-hybridized carbons (Fsp3) is 0.500. The highest BCUT2D eigenvalue weighted by atomic mass is 16.5. The molecule has 21 heavy (non-hydrogen) atoms. The summed E-state index contributed by atoms with van der Waals surface area (Å²) in [7, 11) is 1.69. The third-order valence-electron chi connectivity index (χ3n) is 4.12. The van der Waals surface area contributed by atoms with Gasteiger partial charge in [0.2, 0.25) is 0 Å². The molecule has 2 atom stereocenters. The summed E-state index contributed by atoms with van der Waals surface area (Å²) >= 11 is 0. The summed E-state index contributed by atoms with van der Waals surface area (Å²) in [4.78, 5) is 0. The summed E-state index contributed by atoms with van der Waals surface area (Å²) in [5.74, 6) is 3.04. The number of methoxy groups -OCH3 is 1. The molecule has 0 fully saturated rings. The predicted molar refractivity (Wildman–Crippen MR) is 81.3 cm³/mol. The number of aromatic nitrogens is 3. The van der Waals surface area contributed by atoms with Gasteiger partial charge < -0.3 is 14.6 Å². The first-order valence-corrected chi connectivity index (χ1v) is 7.51. The summed E-state index contributed by atoms with van der Waals surface area (Å²) in [6.07, 6.45) is 2.22. The van der Waals surface area contributed by atoms with Crippen LogP contribution in [0.15, 0.2) is 24.3 Å². The summed E-state index contributed by atoms with van der Waals surface area (Å²) < 4.78 is 7.53. The van der Waals surface area contributed by atoms with E-state index in [1.54, 1.807) is 7.11 Å². The number of benzene rings is 1. The van der Waals surface area contributed by atoms with Crippen LogP contribution in [0, 0.1) is 0 Å². The highest BCUT2D eigenvalue weighted by molar-refractivity contribution is 5.30. The number of hydrogen-bond acceptors (Lipinski definition) is 4. The summed E-state index contributed by atoms with van der Waals surface area (Å²) in [6.45, 7) is 5.34. The quantitative estimate of drug-likeness (QED) is 0.918. The van der Waals surface area contributed by atoms with Crippen molar-refractivity contribution in [1.29, 1.82) is 0 Å². The van der Waals surface area contributed by atoms with Crippen LogP contribution >= 0.6 is 0 Å². The Bertz CT molecular complexity index is 622. The van der Waals surface area contributed by atoms with Crippen LogP contribution in [0.2, 0.25) is 0 Å². The van der Waals surface area contributed by atoms with Crippen LogP contribution in [0.4, 0.5) is 0 Å². The van der Waals surface area contributed by atoms with Gasteiger partial charge in [-0.1, -0.05) is 12.1 Å². The van der Waals surface area contributed by atoms with Gasteiger partial charge in [0.15, 0.2) is 0 Å². The number of fused-ring (bicyclic) bond motifs is 1. The molecule has 1 aliphatic rings. The molecule has 3 rings (SSSR count). The minimum Gasteiger partial charge on any atom is -0.497 e. The van der Waals surface area contributed by atoms with Crippen LogP contribution in [-0.4, -0.2) is 21.9 Å². The maximum Gasteiger partial charge on any atom is 0.149 e. The minimum absolute atomic E-state index is 0.172. The Hall–Kier alpha value is -1.88. The predicted octanol–water partition coefficient (Wildman–Crippen LogP) is 2.64. The molecule has 2 unspecified atom stereocenters. The van der Waals surface area contributed by atoms with Gasteiger partial charge in [0.25, 0.3) is 0 Å². The topological polar surface area (TPSA) is 52.0 Å². The van der Waals surface area contributed by atoms with E-state index >= 15 is 0 Å². The Labute approximate surface area is 125 Å². The van der Waals surface area contributed by atoms with Gasteiger partial charge in [-0.2, -0.15) is 0 Å². The van der Waals surface area contributed by atoms with Crippen LogP contribution in [0.3, 0.4) is 0 Å². The highest BCUT2D eigenvalue weighted by Gasteiger charge is 2.22. The zero-order chi connectivity index (χ0) is 14.8. The van der Waals surface area contributed by atoms with Crippen LogP contribution in [0.5, 0.6) is 5.75 Å². The van der Waals surface area contributed by atoms with Gasteiger partial charge in [-0.3, -0.25) is 0 Å². The van der Waals surface area contributed by atoms with Gasteiger partial charge in [0.05, 0.1) is 13.2 Å². The molecular weight excluding hydrogens is 264 g/mol. The molecule has 0 amide bonds. The van der Waals surface area contributed by atoms with Crippen molar-refractivity contribution in [1.82, 2.24) is 20.1 Å². The van der Waals surface area contributed by atoms with E-state index in [-0.39, 0.29) is 12.1 Å². The van der Waals surface area contributed by atoms with Gasteiger partial charge in [-0.05, 0) is 38.0 Å². The molecule has 112 valence electrons. The lowest BCUT2D eigenvalue weighted by Crippen LogP contribution is -2.25. The lowest BCUT2D eigenvalue weighted by Gasteiger charge is -2.20. The number of rotatable bonds is 5. The van der Waals surface area contributed by atoms with E-state index in [4.69, 9.17) is 4.74 Å². The average Bonchev–Trinajstić information content (AvgIpc) is 3.09. The number of ether oxygens (including phenoxy) is 1. The van der Waals surface area contributed by atoms with E-state index in [9.17, 15) is 0 Å². The van der Waals surface area contributed by atoms with Gasteiger partial charge >= 0.3 is 0 Å². The molecule has 0 aliphatic carbocycles. The summed E-state index contributed by atoms with van der Waals surface area (Å²) in [6, 6.07) is 8.56. The second-order valence-electron chi connectivity index (χ2n) is 5.62. The third-order valence-corrected chi connectivity index (χ3v) is 4.12. The zero-order valence-electron chi connectivity index (χ0n) is 12.8. The van der Waals surface area contributed by atoms with Crippen LogP contribution in [0.1, 0.15) is 49.6 Å². The fourth-order valence-corrected chi connectivity index (χ4v) is 2.95. The number of hydrogen-bond donors (Lipinski definition) is 1. The molecule has 1 N–H and O–H groups in total. The fourth-order valence-electron chi connectivity index (χ4n) is 2.95. The van der Waals surface area contributed by atoms with Crippen molar-refractivity contribution >= 4 is 0 Å². The van der Waals surface area contributed by atoms with Crippen molar-refractivity contribution in [2.24, 2.45) is 0 Å². The zero-order valence-corrected chi connectivity index (χ0v) is 12.8. The van der Waals surface area contributed by atoms with E-state index in [1.165, 1.54) is 12.0 Å². The summed E-state index contributed by atoms with van der Waals surface area (Å²) in [5, 5.41) is 12.2. The van der Waals surface area contributed by atoms with E-state index in [0.29, 0.717) is 0 Å². The Balaban J connectivity index is 1.72. The van der Waals surface area contributed by atoms with Gasteiger partial charge in [-0.15, -0.1) is 10.2 Å². The van der Waals surface area contributed by atoms with E-state index < -0.39 is 0 Å². The monoisotopic (exact) mass is 286 g/mol. The van der Waals surface area contributed by atoms with Crippen LogP contribution in [-0.2, 0) is 13.0 Å². The van der Waals surface area contributed by atoms with Crippen molar-refractivity contribution in [2.75, 3.05) is 7.11 Å². The first kappa shape index (κ1) is 14.1. The molecule has 2 aromatic rings. The second kappa shape index (κ2) is 5.85. The molecule has 1 aromatic carbocycles. The Morgan fingerprint density at radius 3 is 2.90 bits per heavy atom. The van der Waals surface area contributed by atoms with Crippen molar-refractivity contribution in [3.8, 4) is 5.75 Å². The molecule has 5 nitrogen and oxygen atoms in total. The van der Waals surface area contributed by atoms with E-state index in [1.807, 2.05) is 12.1 Å². The Kier molecular flexibility index (Phi) is 3.92. The maximum absolute atomic E-state index is 5.29. The molecule has 1 aliphatic heterocycles. The highest BCUT2D eigenvalue weighted by Crippen LogP contribution is 2.24. The van der Waals surface area contributed by atoms with Crippen molar-refractivity contribution in [2.45, 2.75) is 45.3 Å². The second-order valence-corrected chi connectivity index (χ2v) is 5.62. The normalized spacial score (nSPS) is 16.5. The molecule has 0 spiro atoms.